The molecule has 84 valence electrons. The summed E-state index contributed by atoms with van der Waals surface area (Å²) in [6.45, 7) is 3.29. The summed E-state index contributed by atoms with van der Waals surface area (Å²) in [4.78, 5) is 0. The maximum atomic E-state index is 8.90. The maximum absolute atomic E-state index is 8.90. The van der Waals surface area contributed by atoms with Crippen LogP contribution in [0, 0.1) is 11.8 Å². The number of aliphatic hydroxyl groups excluding tert-OH is 2. The fourth-order valence-electron chi connectivity index (χ4n) is 2.20. The minimum Gasteiger partial charge on any atom is -0.395 e. The monoisotopic (exact) mass is 201 g/mol. The first-order valence-corrected chi connectivity index (χ1v) is 5.73. The molecule has 1 aliphatic rings. The van der Waals surface area contributed by atoms with Gasteiger partial charge in [0.25, 0.3) is 0 Å². The van der Waals surface area contributed by atoms with Gasteiger partial charge in [-0.15, -0.1) is 0 Å². The van der Waals surface area contributed by atoms with Crippen LogP contribution in [0.1, 0.15) is 32.6 Å². The molecule has 3 nitrogen and oxygen atoms in total. The second kappa shape index (κ2) is 6.38. The van der Waals surface area contributed by atoms with Crippen molar-refractivity contribution < 1.29 is 10.2 Å². The average molecular weight is 201 g/mol. The molecular formula is C11H23NO2. The van der Waals surface area contributed by atoms with Gasteiger partial charge in [0.2, 0.25) is 0 Å². The minimum absolute atomic E-state index is 0.0254. The molecule has 0 aliphatic heterocycles. The summed E-state index contributed by atoms with van der Waals surface area (Å²) in [5.74, 6) is 1.51. The van der Waals surface area contributed by atoms with E-state index in [9.17, 15) is 0 Å². The van der Waals surface area contributed by atoms with E-state index < -0.39 is 0 Å². The quantitative estimate of drug-likeness (QED) is 0.615. The molecule has 0 aromatic carbocycles. The van der Waals surface area contributed by atoms with E-state index in [-0.39, 0.29) is 19.3 Å². The van der Waals surface area contributed by atoms with Crippen molar-refractivity contribution in [2.24, 2.45) is 11.8 Å². The Hall–Kier alpha value is -0.120. The standard InChI is InChI=1S/C11H23NO2/c1-9-4-2-3-5-10(9)6-12-11(7-13)8-14/h9-14H,2-8H2,1H3. The van der Waals surface area contributed by atoms with Crippen molar-refractivity contribution in [1.29, 1.82) is 0 Å². The summed E-state index contributed by atoms with van der Waals surface area (Å²) >= 11 is 0. The number of hydrogen-bond acceptors (Lipinski definition) is 3. The zero-order chi connectivity index (χ0) is 10.4. The van der Waals surface area contributed by atoms with Gasteiger partial charge < -0.3 is 15.5 Å². The van der Waals surface area contributed by atoms with E-state index in [0.29, 0.717) is 0 Å². The van der Waals surface area contributed by atoms with Crippen LogP contribution >= 0.6 is 0 Å². The molecule has 1 rings (SSSR count). The summed E-state index contributed by atoms with van der Waals surface area (Å²) in [5.41, 5.74) is 0. The van der Waals surface area contributed by atoms with Gasteiger partial charge in [-0.1, -0.05) is 26.2 Å². The van der Waals surface area contributed by atoms with Gasteiger partial charge in [-0.25, -0.2) is 0 Å². The number of hydrogen-bond donors (Lipinski definition) is 3. The number of rotatable bonds is 5. The van der Waals surface area contributed by atoms with Crippen LogP contribution in [-0.4, -0.2) is 36.0 Å². The molecule has 2 atom stereocenters. The largest absolute Gasteiger partial charge is 0.395 e. The molecule has 0 saturated heterocycles. The highest BCUT2D eigenvalue weighted by molar-refractivity contribution is 4.76. The molecule has 0 aromatic rings. The lowest BCUT2D eigenvalue weighted by Gasteiger charge is -2.30. The highest BCUT2D eigenvalue weighted by Crippen LogP contribution is 2.28. The van der Waals surface area contributed by atoms with Gasteiger partial charge in [0.05, 0.1) is 19.3 Å². The Morgan fingerprint density at radius 3 is 2.43 bits per heavy atom. The van der Waals surface area contributed by atoms with E-state index in [0.717, 1.165) is 18.4 Å². The predicted molar refractivity (Wildman–Crippen MR) is 57.1 cm³/mol. The van der Waals surface area contributed by atoms with Gasteiger partial charge in [-0.3, -0.25) is 0 Å². The lowest BCUT2D eigenvalue weighted by Crippen LogP contribution is -2.40. The van der Waals surface area contributed by atoms with Crippen molar-refractivity contribution in [3.8, 4) is 0 Å². The molecule has 0 heterocycles. The van der Waals surface area contributed by atoms with Crippen LogP contribution in [0.5, 0.6) is 0 Å². The van der Waals surface area contributed by atoms with Crippen LogP contribution in [0.25, 0.3) is 0 Å². The van der Waals surface area contributed by atoms with Gasteiger partial charge in [-0.05, 0) is 24.8 Å². The zero-order valence-corrected chi connectivity index (χ0v) is 9.08. The van der Waals surface area contributed by atoms with Gasteiger partial charge in [-0.2, -0.15) is 0 Å². The molecular weight excluding hydrogens is 178 g/mol. The summed E-state index contributed by atoms with van der Waals surface area (Å²) in [7, 11) is 0. The summed E-state index contributed by atoms with van der Waals surface area (Å²) in [6, 6.07) is -0.135. The molecule has 3 N–H and O–H groups in total. The van der Waals surface area contributed by atoms with Crippen LogP contribution in [-0.2, 0) is 0 Å². The fraction of sp³-hybridized carbons (Fsp3) is 1.00. The lowest BCUT2D eigenvalue weighted by molar-refractivity contribution is 0.156. The molecule has 1 aliphatic carbocycles. The normalized spacial score (nSPS) is 28.3. The molecule has 14 heavy (non-hydrogen) atoms. The van der Waals surface area contributed by atoms with Crippen molar-refractivity contribution in [2.75, 3.05) is 19.8 Å². The van der Waals surface area contributed by atoms with Gasteiger partial charge in [0.15, 0.2) is 0 Å². The Kier molecular flexibility index (Phi) is 5.45. The van der Waals surface area contributed by atoms with E-state index >= 15 is 0 Å². The zero-order valence-electron chi connectivity index (χ0n) is 9.08. The third-order valence-electron chi connectivity index (χ3n) is 3.40. The second-order valence-corrected chi connectivity index (χ2v) is 4.49. The molecule has 3 heteroatoms. The third kappa shape index (κ3) is 3.56. The van der Waals surface area contributed by atoms with Crippen LogP contribution in [0.3, 0.4) is 0 Å². The highest BCUT2D eigenvalue weighted by atomic mass is 16.3. The molecule has 1 fully saturated rings. The first-order valence-electron chi connectivity index (χ1n) is 5.73. The minimum atomic E-state index is -0.135. The SMILES string of the molecule is CC1CCCCC1CNC(CO)CO. The number of nitrogens with one attached hydrogen (secondary N) is 1. The van der Waals surface area contributed by atoms with Crippen molar-refractivity contribution in [1.82, 2.24) is 5.32 Å². The molecule has 0 spiro atoms. The summed E-state index contributed by atoms with van der Waals surface area (Å²) < 4.78 is 0. The van der Waals surface area contributed by atoms with E-state index in [1.165, 1.54) is 25.7 Å². The third-order valence-corrected chi connectivity index (χ3v) is 3.40. The summed E-state index contributed by atoms with van der Waals surface area (Å²) in [5, 5.41) is 21.0. The molecule has 2 unspecified atom stereocenters. The van der Waals surface area contributed by atoms with Crippen molar-refractivity contribution >= 4 is 0 Å². The predicted octanol–water partition coefficient (Wildman–Crippen LogP) is 0.756. The topological polar surface area (TPSA) is 52.5 Å². The molecule has 0 bridgehead atoms. The fourth-order valence-corrected chi connectivity index (χ4v) is 2.20. The number of aliphatic hydroxyl groups is 2. The van der Waals surface area contributed by atoms with Crippen LogP contribution in [0.2, 0.25) is 0 Å². The van der Waals surface area contributed by atoms with Gasteiger partial charge in [0.1, 0.15) is 0 Å². The average Bonchev–Trinajstić information content (AvgIpc) is 2.22. The van der Waals surface area contributed by atoms with Crippen LogP contribution in [0.4, 0.5) is 0 Å². The maximum Gasteiger partial charge on any atom is 0.0607 e. The van der Waals surface area contributed by atoms with Crippen molar-refractivity contribution in [3.05, 3.63) is 0 Å². The second-order valence-electron chi connectivity index (χ2n) is 4.49. The van der Waals surface area contributed by atoms with E-state index in [1.54, 1.807) is 0 Å². The van der Waals surface area contributed by atoms with E-state index in [2.05, 4.69) is 12.2 Å². The summed E-state index contributed by atoms with van der Waals surface area (Å²) in [6.07, 6.45) is 5.31. The smallest absolute Gasteiger partial charge is 0.0607 e. The van der Waals surface area contributed by atoms with Gasteiger partial charge in [0, 0.05) is 0 Å². The molecule has 1 saturated carbocycles. The molecule has 0 amide bonds. The Balaban J connectivity index is 2.21. The van der Waals surface area contributed by atoms with Crippen molar-refractivity contribution in [3.63, 3.8) is 0 Å². The Morgan fingerprint density at radius 2 is 1.86 bits per heavy atom. The first kappa shape index (κ1) is 12.0. The molecule has 0 aromatic heterocycles. The Bertz CT molecular complexity index is 148. The van der Waals surface area contributed by atoms with E-state index in [1.807, 2.05) is 0 Å². The van der Waals surface area contributed by atoms with E-state index in [4.69, 9.17) is 10.2 Å². The molecule has 0 radical (unpaired) electrons. The van der Waals surface area contributed by atoms with Gasteiger partial charge >= 0.3 is 0 Å². The lowest BCUT2D eigenvalue weighted by atomic mass is 9.80. The highest BCUT2D eigenvalue weighted by Gasteiger charge is 2.21. The Labute approximate surface area is 86.5 Å². The van der Waals surface area contributed by atoms with Crippen LogP contribution < -0.4 is 5.32 Å². The van der Waals surface area contributed by atoms with Crippen LogP contribution in [0.15, 0.2) is 0 Å². The Morgan fingerprint density at radius 1 is 1.21 bits per heavy atom. The van der Waals surface area contributed by atoms with Crippen molar-refractivity contribution in [2.45, 2.75) is 38.6 Å². The first-order chi connectivity index (χ1) is 6.77.